The number of aromatic nitrogens is 3. The molecule has 5 nitrogen and oxygen atoms in total. The summed E-state index contributed by atoms with van der Waals surface area (Å²) in [6.45, 7) is 4.94. The average Bonchev–Trinajstić information content (AvgIpc) is 3.08. The lowest BCUT2D eigenvalue weighted by molar-refractivity contribution is -0.143. The molecule has 0 aliphatic heterocycles. The van der Waals surface area contributed by atoms with Crippen molar-refractivity contribution < 1.29 is 13.9 Å². The highest BCUT2D eigenvalue weighted by atomic mass is 19.1. The summed E-state index contributed by atoms with van der Waals surface area (Å²) >= 11 is 0. The van der Waals surface area contributed by atoms with Crippen molar-refractivity contribution in [1.29, 1.82) is 0 Å². The van der Waals surface area contributed by atoms with E-state index in [0.29, 0.717) is 13.2 Å². The van der Waals surface area contributed by atoms with Crippen LogP contribution in [0.25, 0.3) is 16.9 Å². The van der Waals surface area contributed by atoms with Gasteiger partial charge in [0.25, 0.3) is 0 Å². The normalized spacial score (nSPS) is 12.9. The zero-order chi connectivity index (χ0) is 18.8. The van der Waals surface area contributed by atoms with Crippen LogP contribution in [0, 0.1) is 5.82 Å². The molecule has 0 saturated heterocycles. The molecule has 4 rings (SSSR count). The Hall–Kier alpha value is -2.57. The average molecular weight is 367 g/mol. The molecular weight excluding hydrogens is 345 g/mol. The lowest BCUT2D eigenvalue weighted by atomic mass is 9.90. The van der Waals surface area contributed by atoms with Crippen molar-refractivity contribution in [2.45, 2.75) is 33.0 Å². The molecule has 0 N–H and O–H groups in total. The predicted molar refractivity (Wildman–Crippen MR) is 100 cm³/mol. The van der Waals surface area contributed by atoms with Crippen molar-refractivity contribution in [3.63, 3.8) is 0 Å². The Morgan fingerprint density at radius 1 is 1.07 bits per heavy atom. The zero-order valence-corrected chi connectivity index (χ0v) is 15.5. The van der Waals surface area contributed by atoms with Crippen molar-refractivity contribution in [2.75, 3.05) is 13.2 Å². The highest BCUT2D eigenvalue weighted by Gasteiger charge is 2.30. The van der Waals surface area contributed by atoms with Crippen LogP contribution in [0.3, 0.4) is 0 Å². The van der Waals surface area contributed by atoms with E-state index >= 15 is 0 Å². The molecule has 0 fully saturated rings. The summed E-state index contributed by atoms with van der Waals surface area (Å²) in [6.07, 6.45) is 4.91. The standard InChI is InChI=1S/C21H22FN3O2/c1-3-26-21(27-4-2)19-18-10-5-14-13-23-12-11-17(14)20(18)25(24-19)16-8-6-15(22)7-9-16/h6-9,11-13,21H,3-5,10H2,1-2H3. The second-order valence-corrected chi connectivity index (χ2v) is 6.38. The van der Waals surface area contributed by atoms with E-state index in [9.17, 15) is 4.39 Å². The molecule has 2 aromatic heterocycles. The van der Waals surface area contributed by atoms with Gasteiger partial charge >= 0.3 is 0 Å². The first kappa shape index (κ1) is 17.8. The highest BCUT2D eigenvalue weighted by Crippen LogP contribution is 2.39. The summed E-state index contributed by atoms with van der Waals surface area (Å²) in [7, 11) is 0. The summed E-state index contributed by atoms with van der Waals surface area (Å²) in [5, 5.41) is 4.85. The fraction of sp³-hybridized carbons (Fsp3) is 0.333. The zero-order valence-electron chi connectivity index (χ0n) is 15.5. The lowest BCUT2D eigenvalue weighted by Crippen LogP contribution is -2.13. The van der Waals surface area contributed by atoms with Gasteiger partial charge in [0.05, 0.1) is 11.4 Å². The minimum absolute atomic E-state index is 0.272. The number of ether oxygens (including phenoxy) is 2. The fourth-order valence-electron chi connectivity index (χ4n) is 3.57. The Morgan fingerprint density at radius 2 is 1.81 bits per heavy atom. The number of hydrogen-bond acceptors (Lipinski definition) is 4. The van der Waals surface area contributed by atoms with Crippen molar-refractivity contribution in [2.24, 2.45) is 0 Å². The monoisotopic (exact) mass is 367 g/mol. The van der Waals surface area contributed by atoms with Gasteiger partial charge in [-0.3, -0.25) is 4.98 Å². The van der Waals surface area contributed by atoms with Crippen LogP contribution in [0.1, 0.15) is 37.0 Å². The number of halogens is 1. The second-order valence-electron chi connectivity index (χ2n) is 6.38. The summed E-state index contributed by atoms with van der Waals surface area (Å²) in [5.41, 5.74) is 6.00. The minimum atomic E-state index is -0.515. The van der Waals surface area contributed by atoms with E-state index in [4.69, 9.17) is 14.6 Å². The lowest BCUT2D eigenvalue weighted by Gasteiger charge is -2.20. The highest BCUT2D eigenvalue weighted by molar-refractivity contribution is 5.72. The molecule has 140 valence electrons. The third-order valence-corrected chi connectivity index (χ3v) is 4.75. The summed E-state index contributed by atoms with van der Waals surface area (Å²) in [6, 6.07) is 8.37. The van der Waals surface area contributed by atoms with Crippen LogP contribution in [-0.2, 0) is 22.3 Å². The molecule has 6 heteroatoms. The number of nitrogens with zero attached hydrogens (tertiary/aromatic N) is 3. The van der Waals surface area contributed by atoms with Crippen LogP contribution in [0.4, 0.5) is 4.39 Å². The molecule has 1 aromatic carbocycles. The Balaban J connectivity index is 1.92. The third kappa shape index (κ3) is 3.26. The second kappa shape index (κ2) is 7.58. The van der Waals surface area contributed by atoms with Crippen molar-refractivity contribution in [1.82, 2.24) is 14.8 Å². The van der Waals surface area contributed by atoms with Gasteiger partial charge in [-0.1, -0.05) is 0 Å². The van der Waals surface area contributed by atoms with Crippen molar-refractivity contribution >= 4 is 0 Å². The van der Waals surface area contributed by atoms with Crippen molar-refractivity contribution in [3.05, 3.63) is 65.4 Å². The van der Waals surface area contributed by atoms with Crippen LogP contribution in [0.2, 0.25) is 0 Å². The third-order valence-electron chi connectivity index (χ3n) is 4.75. The van der Waals surface area contributed by atoms with Gasteiger partial charge in [-0.05, 0) is 62.6 Å². The van der Waals surface area contributed by atoms with E-state index in [1.807, 2.05) is 30.8 Å². The molecule has 0 unspecified atom stereocenters. The van der Waals surface area contributed by atoms with Crippen LogP contribution in [0.15, 0.2) is 42.7 Å². The van der Waals surface area contributed by atoms with Crippen LogP contribution in [-0.4, -0.2) is 28.0 Å². The summed E-state index contributed by atoms with van der Waals surface area (Å²) < 4.78 is 26.9. The van der Waals surface area contributed by atoms with Gasteiger partial charge in [0, 0.05) is 36.7 Å². The van der Waals surface area contributed by atoms with Gasteiger partial charge in [-0.15, -0.1) is 0 Å². The minimum Gasteiger partial charge on any atom is -0.347 e. The molecule has 27 heavy (non-hydrogen) atoms. The van der Waals surface area contributed by atoms with Gasteiger partial charge in [0.15, 0.2) is 0 Å². The Morgan fingerprint density at radius 3 is 2.52 bits per heavy atom. The summed E-state index contributed by atoms with van der Waals surface area (Å²) in [4.78, 5) is 4.26. The van der Waals surface area contributed by atoms with E-state index in [-0.39, 0.29) is 5.82 Å². The molecular formula is C21H22FN3O2. The smallest absolute Gasteiger partial charge is 0.203 e. The number of benzene rings is 1. The molecule has 3 aromatic rings. The number of pyridine rings is 1. The van der Waals surface area contributed by atoms with Crippen LogP contribution < -0.4 is 0 Å². The molecule has 0 atom stereocenters. The van der Waals surface area contributed by atoms with E-state index < -0.39 is 6.29 Å². The number of aryl methyl sites for hydroxylation is 1. The largest absolute Gasteiger partial charge is 0.347 e. The van der Waals surface area contributed by atoms with Gasteiger partial charge in [0.2, 0.25) is 6.29 Å². The Kier molecular flexibility index (Phi) is 5.01. The molecule has 0 saturated carbocycles. The molecule has 0 bridgehead atoms. The van der Waals surface area contributed by atoms with E-state index in [1.54, 1.807) is 18.3 Å². The SMILES string of the molecule is CCOC(OCC)c1nn(-c2ccc(F)cc2)c2c1CCc1cnccc1-2. The Bertz CT molecular complexity index is 931. The first-order chi connectivity index (χ1) is 13.2. The molecule has 0 amide bonds. The van der Waals surface area contributed by atoms with Gasteiger partial charge < -0.3 is 9.47 Å². The molecule has 1 aliphatic carbocycles. The Labute approximate surface area is 157 Å². The van der Waals surface area contributed by atoms with Gasteiger partial charge in [-0.2, -0.15) is 5.10 Å². The molecule has 2 heterocycles. The van der Waals surface area contributed by atoms with Gasteiger partial charge in [-0.25, -0.2) is 9.07 Å². The molecule has 0 spiro atoms. The van der Waals surface area contributed by atoms with Crippen LogP contribution >= 0.6 is 0 Å². The van der Waals surface area contributed by atoms with Crippen LogP contribution in [0.5, 0.6) is 0 Å². The van der Waals surface area contributed by atoms with E-state index in [2.05, 4.69) is 4.98 Å². The maximum atomic E-state index is 13.4. The summed E-state index contributed by atoms with van der Waals surface area (Å²) in [5.74, 6) is -0.272. The van der Waals surface area contributed by atoms with E-state index in [1.165, 1.54) is 17.7 Å². The van der Waals surface area contributed by atoms with E-state index in [0.717, 1.165) is 41.0 Å². The molecule has 0 radical (unpaired) electrons. The van der Waals surface area contributed by atoms with Gasteiger partial charge in [0.1, 0.15) is 11.5 Å². The maximum absolute atomic E-state index is 13.4. The first-order valence-electron chi connectivity index (χ1n) is 9.27. The number of rotatable bonds is 6. The number of fused-ring (bicyclic) bond motifs is 3. The quantitative estimate of drug-likeness (QED) is 0.612. The maximum Gasteiger partial charge on any atom is 0.203 e. The fourth-order valence-corrected chi connectivity index (χ4v) is 3.57. The van der Waals surface area contributed by atoms with Crippen molar-refractivity contribution in [3.8, 4) is 16.9 Å². The number of hydrogen-bond donors (Lipinski definition) is 0. The predicted octanol–water partition coefficient (Wildman–Crippen LogP) is 4.24. The topological polar surface area (TPSA) is 49.2 Å². The first-order valence-corrected chi connectivity index (χ1v) is 9.27. The molecule has 1 aliphatic rings.